The Labute approximate surface area is 157 Å². The fourth-order valence-electron chi connectivity index (χ4n) is 2.23. The molecule has 0 saturated carbocycles. The monoisotopic (exact) mass is 374 g/mol. The summed E-state index contributed by atoms with van der Waals surface area (Å²) < 4.78 is 20.8. The number of carbonyl (C=O) groups is 2. The molecule has 0 radical (unpaired) electrons. The first-order valence-corrected chi connectivity index (χ1v) is 8.11. The Morgan fingerprint density at radius 1 is 0.815 bits per heavy atom. The van der Waals surface area contributed by atoms with Gasteiger partial charge in [0.2, 0.25) is 5.91 Å². The number of methoxy groups -OCH3 is 3. The third-order valence-corrected chi connectivity index (χ3v) is 3.54. The zero-order valence-corrected chi connectivity index (χ0v) is 15.4. The van der Waals surface area contributed by atoms with Crippen molar-refractivity contribution in [2.24, 2.45) is 0 Å². The Morgan fingerprint density at radius 2 is 1.44 bits per heavy atom. The zero-order chi connectivity index (χ0) is 19.6. The highest BCUT2D eigenvalue weighted by Crippen LogP contribution is 2.29. The highest BCUT2D eigenvalue weighted by atomic mass is 16.5. The molecule has 2 N–H and O–H groups in total. The van der Waals surface area contributed by atoms with Gasteiger partial charge in [-0.3, -0.25) is 9.59 Å². The van der Waals surface area contributed by atoms with Crippen LogP contribution in [0.3, 0.4) is 0 Å². The van der Waals surface area contributed by atoms with Gasteiger partial charge in [-0.1, -0.05) is 12.1 Å². The molecular weight excluding hydrogens is 352 g/mol. The second-order valence-electron chi connectivity index (χ2n) is 5.33. The molecule has 27 heavy (non-hydrogen) atoms. The number of rotatable bonds is 9. The molecule has 2 amide bonds. The van der Waals surface area contributed by atoms with E-state index >= 15 is 0 Å². The Kier molecular flexibility index (Phi) is 7.30. The largest absolute Gasteiger partial charge is 0.493 e. The van der Waals surface area contributed by atoms with E-state index in [1.165, 1.54) is 21.3 Å². The van der Waals surface area contributed by atoms with Gasteiger partial charge in [0.1, 0.15) is 0 Å². The molecule has 8 heteroatoms. The summed E-state index contributed by atoms with van der Waals surface area (Å²) in [5.74, 6) is 1.21. The quantitative estimate of drug-likeness (QED) is 0.696. The minimum absolute atomic E-state index is 0.192. The lowest BCUT2D eigenvalue weighted by atomic mass is 10.2. The van der Waals surface area contributed by atoms with Crippen LogP contribution in [0.2, 0.25) is 0 Å². The molecule has 0 atom stereocenters. The van der Waals surface area contributed by atoms with E-state index in [1.807, 2.05) is 0 Å². The molecule has 0 aliphatic heterocycles. The third-order valence-electron chi connectivity index (χ3n) is 3.54. The van der Waals surface area contributed by atoms with Gasteiger partial charge in [0, 0.05) is 11.8 Å². The van der Waals surface area contributed by atoms with Crippen LogP contribution < -0.4 is 29.6 Å². The van der Waals surface area contributed by atoms with E-state index in [0.717, 1.165) is 0 Å². The van der Waals surface area contributed by atoms with Crippen LogP contribution in [0.15, 0.2) is 42.5 Å². The van der Waals surface area contributed by atoms with Gasteiger partial charge in [0.05, 0.1) is 27.9 Å². The van der Waals surface area contributed by atoms with Crippen molar-refractivity contribution < 1.29 is 28.5 Å². The van der Waals surface area contributed by atoms with E-state index < -0.39 is 5.91 Å². The van der Waals surface area contributed by atoms with Crippen molar-refractivity contribution in [1.29, 1.82) is 0 Å². The number of hydrogen-bond donors (Lipinski definition) is 2. The summed E-state index contributed by atoms with van der Waals surface area (Å²) in [5, 5.41) is 5.15. The van der Waals surface area contributed by atoms with Crippen LogP contribution in [0.25, 0.3) is 0 Å². The molecule has 2 aromatic rings. The third kappa shape index (κ3) is 5.81. The van der Waals surface area contributed by atoms with Crippen molar-refractivity contribution in [2.75, 3.05) is 39.8 Å². The number of ether oxygens (including phenoxy) is 4. The molecule has 2 aromatic carbocycles. The van der Waals surface area contributed by atoms with Crippen LogP contribution in [-0.2, 0) is 9.59 Å². The summed E-state index contributed by atoms with van der Waals surface area (Å²) in [4.78, 5) is 23.9. The number of para-hydroxylation sites is 2. The van der Waals surface area contributed by atoms with Crippen LogP contribution in [0.5, 0.6) is 23.0 Å². The molecule has 144 valence electrons. The fourth-order valence-corrected chi connectivity index (χ4v) is 2.23. The maximum Gasteiger partial charge on any atom is 0.258 e. The first-order valence-electron chi connectivity index (χ1n) is 8.11. The zero-order valence-electron chi connectivity index (χ0n) is 15.4. The molecular formula is C19H22N2O6. The van der Waals surface area contributed by atoms with Crippen LogP contribution in [0.4, 0.5) is 5.69 Å². The van der Waals surface area contributed by atoms with Crippen molar-refractivity contribution in [3.8, 4) is 23.0 Å². The Bertz CT molecular complexity index is 794. The van der Waals surface area contributed by atoms with Crippen LogP contribution >= 0.6 is 0 Å². The Hall–Kier alpha value is -3.42. The number of amides is 2. The van der Waals surface area contributed by atoms with Crippen molar-refractivity contribution in [3.63, 3.8) is 0 Å². The molecule has 0 spiro atoms. The Morgan fingerprint density at radius 3 is 2.11 bits per heavy atom. The lowest BCUT2D eigenvalue weighted by Crippen LogP contribution is -2.35. The van der Waals surface area contributed by atoms with E-state index in [9.17, 15) is 9.59 Å². The van der Waals surface area contributed by atoms with Gasteiger partial charge in [-0.2, -0.15) is 0 Å². The van der Waals surface area contributed by atoms with Gasteiger partial charge in [-0.15, -0.1) is 0 Å². The van der Waals surface area contributed by atoms with Gasteiger partial charge < -0.3 is 29.6 Å². The standard InChI is InChI=1S/C19H22N2O6/c1-24-14-6-4-5-7-16(14)27-12-19(23)20-11-18(22)21-13-8-9-15(25-2)17(10-13)26-3/h4-10H,11-12H2,1-3H3,(H,20,23)(H,21,22). The molecule has 2 rings (SSSR count). The molecule has 0 aromatic heterocycles. The van der Waals surface area contributed by atoms with Gasteiger partial charge in [0.15, 0.2) is 29.6 Å². The fraction of sp³-hybridized carbons (Fsp3) is 0.263. The van der Waals surface area contributed by atoms with Crippen molar-refractivity contribution in [1.82, 2.24) is 5.32 Å². The molecule has 0 fully saturated rings. The van der Waals surface area contributed by atoms with Gasteiger partial charge in [-0.25, -0.2) is 0 Å². The van der Waals surface area contributed by atoms with Crippen LogP contribution in [-0.4, -0.2) is 46.3 Å². The molecule has 0 heterocycles. The highest BCUT2D eigenvalue weighted by molar-refractivity contribution is 5.95. The molecule has 0 unspecified atom stereocenters. The number of nitrogens with one attached hydrogen (secondary N) is 2. The number of anilines is 1. The predicted molar refractivity (Wildman–Crippen MR) is 99.7 cm³/mol. The molecule has 0 aliphatic rings. The lowest BCUT2D eigenvalue weighted by Gasteiger charge is -2.12. The van der Waals surface area contributed by atoms with E-state index in [1.54, 1.807) is 42.5 Å². The SMILES string of the molecule is COc1ccc(NC(=O)CNC(=O)COc2ccccc2OC)cc1OC. The maximum atomic E-state index is 12.0. The normalized spacial score (nSPS) is 9.89. The van der Waals surface area contributed by atoms with Crippen LogP contribution in [0.1, 0.15) is 0 Å². The van der Waals surface area contributed by atoms with E-state index in [-0.39, 0.29) is 19.1 Å². The molecule has 0 aliphatic carbocycles. The van der Waals surface area contributed by atoms with Gasteiger partial charge in [-0.05, 0) is 24.3 Å². The van der Waals surface area contributed by atoms with E-state index in [2.05, 4.69) is 10.6 Å². The lowest BCUT2D eigenvalue weighted by molar-refractivity contribution is -0.125. The minimum atomic E-state index is -0.427. The molecule has 8 nitrogen and oxygen atoms in total. The van der Waals surface area contributed by atoms with Crippen LogP contribution in [0, 0.1) is 0 Å². The predicted octanol–water partition coefficient (Wildman–Crippen LogP) is 1.85. The first-order chi connectivity index (χ1) is 13.1. The maximum absolute atomic E-state index is 12.0. The Balaban J connectivity index is 1.80. The van der Waals surface area contributed by atoms with E-state index in [0.29, 0.717) is 28.7 Å². The first kappa shape index (κ1) is 19.9. The average molecular weight is 374 g/mol. The van der Waals surface area contributed by atoms with Crippen molar-refractivity contribution in [3.05, 3.63) is 42.5 Å². The smallest absolute Gasteiger partial charge is 0.258 e. The summed E-state index contributed by atoms with van der Waals surface area (Å²) in [5.41, 5.74) is 0.525. The average Bonchev–Trinajstić information content (AvgIpc) is 2.70. The number of benzene rings is 2. The minimum Gasteiger partial charge on any atom is -0.493 e. The van der Waals surface area contributed by atoms with Gasteiger partial charge >= 0.3 is 0 Å². The summed E-state index contributed by atoms with van der Waals surface area (Å²) in [6.07, 6.45) is 0. The second-order valence-corrected chi connectivity index (χ2v) is 5.33. The van der Waals surface area contributed by atoms with Gasteiger partial charge in [0.25, 0.3) is 5.91 Å². The summed E-state index contributed by atoms with van der Waals surface area (Å²) >= 11 is 0. The number of hydrogen-bond acceptors (Lipinski definition) is 6. The number of carbonyl (C=O) groups excluding carboxylic acids is 2. The van der Waals surface area contributed by atoms with E-state index in [4.69, 9.17) is 18.9 Å². The molecule has 0 saturated heterocycles. The van der Waals surface area contributed by atoms with Crippen molar-refractivity contribution >= 4 is 17.5 Å². The summed E-state index contributed by atoms with van der Waals surface area (Å²) in [7, 11) is 4.55. The highest BCUT2D eigenvalue weighted by Gasteiger charge is 2.10. The van der Waals surface area contributed by atoms with Crippen molar-refractivity contribution in [2.45, 2.75) is 0 Å². The second kappa shape index (κ2) is 9.91. The topological polar surface area (TPSA) is 95.1 Å². The summed E-state index contributed by atoms with van der Waals surface area (Å²) in [6.45, 7) is -0.424. The molecule has 0 bridgehead atoms. The summed E-state index contributed by atoms with van der Waals surface area (Å²) in [6, 6.07) is 12.0.